The summed E-state index contributed by atoms with van der Waals surface area (Å²) in [5.74, 6) is -0.526. The lowest BCUT2D eigenvalue weighted by molar-refractivity contribution is -0.142. The second-order valence-corrected chi connectivity index (χ2v) is 6.30. The standard InChI is InChI=1S/C15H26N2O4/c1-17(9-11-3-2-8-21-10-11)15(20)16-13-6-4-12(5-7-13)14(18)19/h11-13H,2-10H2,1H3,(H,16,20)(H,18,19). The van der Waals surface area contributed by atoms with Gasteiger partial charge in [-0.3, -0.25) is 4.79 Å². The molecule has 1 unspecified atom stereocenters. The van der Waals surface area contributed by atoms with Crippen LogP contribution in [0.5, 0.6) is 0 Å². The third-order valence-corrected chi connectivity index (χ3v) is 4.54. The van der Waals surface area contributed by atoms with Gasteiger partial charge in [0.1, 0.15) is 0 Å². The number of aliphatic carboxylic acids is 1. The fraction of sp³-hybridized carbons (Fsp3) is 0.867. The molecule has 6 heteroatoms. The van der Waals surface area contributed by atoms with Crippen LogP contribution in [0.4, 0.5) is 4.79 Å². The Kier molecular flexibility index (Phi) is 5.85. The van der Waals surface area contributed by atoms with Crippen molar-refractivity contribution >= 4 is 12.0 Å². The number of carbonyl (C=O) groups excluding carboxylic acids is 1. The van der Waals surface area contributed by atoms with Gasteiger partial charge in [-0.25, -0.2) is 4.79 Å². The van der Waals surface area contributed by atoms with Crippen molar-refractivity contribution in [3.63, 3.8) is 0 Å². The summed E-state index contributed by atoms with van der Waals surface area (Å²) in [6, 6.07) is 0.0532. The summed E-state index contributed by atoms with van der Waals surface area (Å²) in [5, 5.41) is 12.0. The molecule has 2 N–H and O–H groups in total. The molecule has 6 nitrogen and oxygen atoms in total. The van der Waals surface area contributed by atoms with E-state index in [-0.39, 0.29) is 18.0 Å². The molecule has 2 amide bonds. The highest BCUT2D eigenvalue weighted by Crippen LogP contribution is 2.24. The number of hydrogen-bond acceptors (Lipinski definition) is 3. The molecule has 1 saturated heterocycles. The largest absolute Gasteiger partial charge is 0.481 e. The first-order valence-corrected chi connectivity index (χ1v) is 7.88. The van der Waals surface area contributed by atoms with Gasteiger partial charge in [-0.1, -0.05) is 0 Å². The number of nitrogens with zero attached hydrogens (tertiary/aromatic N) is 1. The van der Waals surface area contributed by atoms with Crippen molar-refractivity contribution in [2.75, 3.05) is 26.8 Å². The third kappa shape index (κ3) is 4.88. The Morgan fingerprint density at radius 3 is 2.52 bits per heavy atom. The van der Waals surface area contributed by atoms with E-state index in [1.165, 1.54) is 0 Å². The van der Waals surface area contributed by atoms with Gasteiger partial charge in [0.05, 0.1) is 12.5 Å². The molecule has 1 atom stereocenters. The fourth-order valence-corrected chi connectivity index (χ4v) is 3.19. The Bertz CT molecular complexity index is 361. The van der Waals surface area contributed by atoms with Gasteiger partial charge in [-0.05, 0) is 38.5 Å². The zero-order valence-corrected chi connectivity index (χ0v) is 12.7. The molecule has 1 aliphatic carbocycles. The highest BCUT2D eigenvalue weighted by atomic mass is 16.5. The molecule has 0 aromatic heterocycles. The monoisotopic (exact) mass is 298 g/mol. The number of amides is 2. The maximum atomic E-state index is 12.2. The first-order chi connectivity index (χ1) is 10.1. The molecule has 1 aliphatic heterocycles. The minimum absolute atomic E-state index is 0.0562. The molecule has 21 heavy (non-hydrogen) atoms. The average Bonchev–Trinajstić information content (AvgIpc) is 2.48. The van der Waals surface area contributed by atoms with E-state index in [1.807, 2.05) is 7.05 Å². The molecule has 0 aromatic rings. The van der Waals surface area contributed by atoms with Crippen molar-refractivity contribution in [1.82, 2.24) is 10.2 Å². The number of urea groups is 1. The van der Waals surface area contributed by atoms with Crippen molar-refractivity contribution in [3.8, 4) is 0 Å². The van der Waals surface area contributed by atoms with Crippen LogP contribution >= 0.6 is 0 Å². The van der Waals surface area contributed by atoms with E-state index < -0.39 is 5.97 Å². The minimum atomic E-state index is -0.714. The molecule has 0 radical (unpaired) electrons. The summed E-state index contributed by atoms with van der Waals surface area (Å²) in [4.78, 5) is 24.8. The third-order valence-electron chi connectivity index (χ3n) is 4.54. The van der Waals surface area contributed by atoms with Gasteiger partial charge in [-0.2, -0.15) is 0 Å². The number of hydrogen-bond donors (Lipinski definition) is 2. The zero-order valence-electron chi connectivity index (χ0n) is 12.7. The van der Waals surface area contributed by atoms with Crippen molar-refractivity contribution in [3.05, 3.63) is 0 Å². The Balaban J connectivity index is 1.70. The van der Waals surface area contributed by atoms with Crippen LogP contribution in [0, 0.1) is 11.8 Å². The molecule has 0 spiro atoms. The van der Waals surface area contributed by atoms with Crippen LogP contribution in [-0.4, -0.2) is 54.9 Å². The Morgan fingerprint density at radius 1 is 1.24 bits per heavy atom. The molecule has 0 bridgehead atoms. The van der Waals surface area contributed by atoms with Gasteiger partial charge >= 0.3 is 12.0 Å². The number of carbonyl (C=O) groups is 2. The van der Waals surface area contributed by atoms with E-state index in [0.717, 1.165) is 45.4 Å². The molecule has 2 rings (SSSR count). The Labute approximate surface area is 125 Å². The number of carboxylic acid groups (broad SMARTS) is 1. The average molecular weight is 298 g/mol. The summed E-state index contributed by atoms with van der Waals surface area (Å²) in [6.45, 7) is 2.29. The first kappa shape index (κ1) is 16.1. The maximum absolute atomic E-state index is 12.2. The topological polar surface area (TPSA) is 78.9 Å². The molecular formula is C15H26N2O4. The molecule has 1 heterocycles. The molecular weight excluding hydrogens is 272 g/mol. The molecule has 0 aromatic carbocycles. The van der Waals surface area contributed by atoms with Gasteiger partial charge in [0.15, 0.2) is 0 Å². The maximum Gasteiger partial charge on any atom is 0.317 e. The molecule has 2 aliphatic rings. The fourth-order valence-electron chi connectivity index (χ4n) is 3.19. The molecule has 120 valence electrons. The minimum Gasteiger partial charge on any atom is -0.481 e. The number of ether oxygens (including phenoxy) is 1. The smallest absolute Gasteiger partial charge is 0.317 e. The summed E-state index contributed by atoms with van der Waals surface area (Å²) in [5.41, 5.74) is 0. The second-order valence-electron chi connectivity index (χ2n) is 6.30. The van der Waals surface area contributed by atoms with Crippen molar-refractivity contribution in [2.45, 2.75) is 44.6 Å². The van der Waals surface area contributed by atoms with E-state index in [9.17, 15) is 9.59 Å². The normalized spacial score (nSPS) is 29.7. The van der Waals surface area contributed by atoms with Crippen LogP contribution in [0.25, 0.3) is 0 Å². The highest BCUT2D eigenvalue weighted by molar-refractivity contribution is 5.74. The summed E-state index contributed by atoms with van der Waals surface area (Å²) in [6.07, 6.45) is 4.99. The number of rotatable bonds is 4. The second kappa shape index (κ2) is 7.64. The molecule has 1 saturated carbocycles. The Morgan fingerprint density at radius 2 is 1.95 bits per heavy atom. The quantitative estimate of drug-likeness (QED) is 0.828. The van der Waals surface area contributed by atoms with Crippen LogP contribution in [-0.2, 0) is 9.53 Å². The lowest BCUT2D eigenvalue weighted by Gasteiger charge is -2.31. The van der Waals surface area contributed by atoms with Gasteiger partial charge in [0, 0.05) is 32.2 Å². The van der Waals surface area contributed by atoms with E-state index in [2.05, 4.69) is 5.32 Å². The predicted octanol–water partition coefficient (Wildman–Crippen LogP) is 1.70. The van der Waals surface area contributed by atoms with Crippen LogP contribution in [0.2, 0.25) is 0 Å². The van der Waals surface area contributed by atoms with E-state index in [0.29, 0.717) is 18.8 Å². The lowest BCUT2D eigenvalue weighted by atomic mass is 9.86. The van der Waals surface area contributed by atoms with Crippen LogP contribution in [0.3, 0.4) is 0 Å². The van der Waals surface area contributed by atoms with Crippen molar-refractivity contribution in [2.24, 2.45) is 11.8 Å². The van der Waals surface area contributed by atoms with Crippen LogP contribution in [0.1, 0.15) is 38.5 Å². The number of carboxylic acids is 1. The predicted molar refractivity (Wildman–Crippen MR) is 78.1 cm³/mol. The van der Waals surface area contributed by atoms with Crippen molar-refractivity contribution < 1.29 is 19.4 Å². The van der Waals surface area contributed by atoms with E-state index in [1.54, 1.807) is 4.90 Å². The van der Waals surface area contributed by atoms with E-state index in [4.69, 9.17) is 9.84 Å². The summed E-state index contributed by atoms with van der Waals surface area (Å²) < 4.78 is 5.43. The van der Waals surface area contributed by atoms with Gasteiger partial charge in [0.2, 0.25) is 0 Å². The number of nitrogens with one attached hydrogen (secondary N) is 1. The highest BCUT2D eigenvalue weighted by Gasteiger charge is 2.27. The van der Waals surface area contributed by atoms with Gasteiger partial charge in [0.25, 0.3) is 0 Å². The Hall–Kier alpha value is -1.30. The molecule has 2 fully saturated rings. The first-order valence-electron chi connectivity index (χ1n) is 7.88. The van der Waals surface area contributed by atoms with Crippen LogP contribution in [0.15, 0.2) is 0 Å². The SMILES string of the molecule is CN(CC1CCCOC1)C(=O)NC1CCC(C(=O)O)CC1. The van der Waals surface area contributed by atoms with Crippen molar-refractivity contribution in [1.29, 1.82) is 0 Å². The summed E-state index contributed by atoms with van der Waals surface area (Å²) >= 11 is 0. The zero-order chi connectivity index (χ0) is 15.2. The summed E-state index contributed by atoms with van der Waals surface area (Å²) in [7, 11) is 1.81. The van der Waals surface area contributed by atoms with Gasteiger partial charge in [-0.15, -0.1) is 0 Å². The lowest BCUT2D eigenvalue weighted by Crippen LogP contribution is -2.46. The van der Waals surface area contributed by atoms with Crippen LogP contribution < -0.4 is 5.32 Å². The van der Waals surface area contributed by atoms with Gasteiger partial charge < -0.3 is 20.1 Å². The van der Waals surface area contributed by atoms with E-state index >= 15 is 0 Å².